The molecular formula is C15H23NO4. The molecule has 0 fully saturated rings. The molecule has 1 heterocycles. The maximum atomic E-state index is 12.1. The van der Waals surface area contributed by atoms with Gasteiger partial charge in [-0.25, -0.2) is 0 Å². The van der Waals surface area contributed by atoms with Gasteiger partial charge in [-0.2, -0.15) is 0 Å². The van der Waals surface area contributed by atoms with Gasteiger partial charge >= 0.3 is 0 Å². The molecule has 0 spiro atoms. The molecule has 0 aliphatic heterocycles. The Labute approximate surface area is 119 Å². The SMILES string of the molecule is CCCCNC(=O)c1oc(C)cc(=O)c1OCCCC. The fraction of sp³-hybridized carbons (Fsp3) is 0.600. The minimum absolute atomic E-state index is 0.0121. The number of unbranched alkanes of at least 4 members (excludes halogenated alkanes) is 2. The molecule has 5 nitrogen and oxygen atoms in total. The highest BCUT2D eigenvalue weighted by molar-refractivity contribution is 5.93. The largest absolute Gasteiger partial charge is 0.486 e. The van der Waals surface area contributed by atoms with E-state index in [4.69, 9.17) is 9.15 Å². The van der Waals surface area contributed by atoms with Crippen molar-refractivity contribution in [3.05, 3.63) is 27.8 Å². The van der Waals surface area contributed by atoms with E-state index in [-0.39, 0.29) is 16.9 Å². The van der Waals surface area contributed by atoms with Gasteiger partial charge in [-0.3, -0.25) is 9.59 Å². The highest BCUT2D eigenvalue weighted by Gasteiger charge is 2.19. The first kappa shape index (κ1) is 16.3. The van der Waals surface area contributed by atoms with Gasteiger partial charge in [0, 0.05) is 12.6 Å². The lowest BCUT2D eigenvalue weighted by atomic mass is 10.3. The second kappa shape index (κ2) is 8.40. The number of carbonyl (C=O) groups is 1. The Balaban J connectivity index is 2.91. The second-order valence-electron chi connectivity index (χ2n) is 4.69. The average molecular weight is 281 g/mol. The van der Waals surface area contributed by atoms with Crippen LogP contribution >= 0.6 is 0 Å². The zero-order valence-electron chi connectivity index (χ0n) is 12.5. The average Bonchev–Trinajstić information content (AvgIpc) is 2.41. The first-order chi connectivity index (χ1) is 9.60. The molecule has 1 amide bonds. The van der Waals surface area contributed by atoms with Crippen molar-refractivity contribution in [3.63, 3.8) is 0 Å². The minimum atomic E-state index is -0.397. The fourth-order valence-corrected chi connectivity index (χ4v) is 1.66. The van der Waals surface area contributed by atoms with Crippen molar-refractivity contribution in [2.24, 2.45) is 0 Å². The van der Waals surface area contributed by atoms with E-state index in [1.807, 2.05) is 13.8 Å². The summed E-state index contributed by atoms with van der Waals surface area (Å²) in [7, 11) is 0. The Bertz CT molecular complexity index is 493. The van der Waals surface area contributed by atoms with Crippen molar-refractivity contribution >= 4 is 5.91 Å². The molecule has 0 atom stereocenters. The fourth-order valence-electron chi connectivity index (χ4n) is 1.66. The van der Waals surface area contributed by atoms with E-state index in [2.05, 4.69) is 5.32 Å². The van der Waals surface area contributed by atoms with Crippen molar-refractivity contribution in [1.82, 2.24) is 5.32 Å². The van der Waals surface area contributed by atoms with Crippen LogP contribution in [0.3, 0.4) is 0 Å². The lowest BCUT2D eigenvalue weighted by Crippen LogP contribution is -2.27. The summed E-state index contributed by atoms with van der Waals surface area (Å²) in [5.74, 6) is -0.00974. The number of nitrogens with one attached hydrogen (secondary N) is 1. The van der Waals surface area contributed by atoms with Crippen LogP contribution in [0.4, 0.5) is 0 Å². The molecule has 0 saturated heterocycles. The molecule has 1 N–H and O–H groups in total. The highest BCUT2D eigenvalue weighted by atomic mass is 16.5. The first-order valence-corrected chi connectivity index (χ1v) is 7.15. The predicted octanol–water partition coefficient (Wildman–Crippen LogP) is 2.66. The highest BCUT2D eigenvalue weighted by Crippen LogP contribution is 2.15. The van der Waals surface area contributed by atoms with Gasteiger partial charge in [0.15, 0.2) is 0 Å². The number of ether oxygens (including phenoxy) is 1. The number of aryl methyl sites for hydroxylation is 1. The predicted molar refractivity (Wildman–Crippen MR) is 77.4 cm³/mol. The van der Waals surface area contributed by atoms with E-state index in [9.17, 15) is 9.59 Å². The zero-order chi connectivity index (χ0) is 15.0. The third kappa shape index (κ3) is 4.72. The molecule has 0 radical (unpaired) electrons. The van der Waals surface area contributed by atoms with Gasteiger partial charge in [-0.05, 0) is 19.8 Å². The molecule has 5 heteroatoms. The maximum absolute atomic E-state index is 12.1. The van der Waals surface area contributed by atoms with Gasteiger partial charge < -0.3 is 14.5 Å². The van der Waals surface area contributed by atoms with Crippen LogP contribution in [0.15, 0.2) is 15.3 Å². The summed E-state index contributed by atoms with van der Waals surface area (Å²) in [5.41, 5.74) is -0.314. The van der Waals surface area contributed by atoms with E-state index in [0.717, 1.165) is 25.7 Å². The number of carbonyl (C=O) groups excluding carboxylic acids is 1. The van der Waals surface area contributed by atoms with Crippen LogP contribution in [0.2, 0.25) is 0 Å². The molecule has 0 saturated carbocycles. The molecule has 0 aliphatic rings. The van der Waals surface area contributed by atoms with E-state index in [0.29, 0.717) is 18.9 Å². The summed E-state index contributed by atoms with van der Waals surface area (Å²) in [4.78, 5) is 24.0. The van der Waals surface area contributed by atoms with Gasteiger partial charge in [0.25, 0.3) is 5.91 Å². The van der Waals surface area contributed by atoms with Gasteiger partial charge in [0.1, 0.15) is 5.76 Å². The lowest BCUT2D eigenvalue weighted by molar-refractivity contribution is 0.0913. The Morgan fingerprint density at radius 2 is 2.00 bits per heavy atom. The molecule has 1 aromatic rings. The molecule has 1 aromatic heterocycles. The molecule has 0 aromatic carbocycles. The second-order valence-corrected chi connectivity index (χ2v) is 4.69. The van der Waals surface area contributed by atoms with E-state index >= 15 is 0 Å². The molecular weight excluding hydrogens is 258 g/mol. The summed E-state index contributed by atoms with van der Waals surface area (Å²) in [6, 6.07) is 1.34. The van der Waals surface area contributed by atoms with Crippen LogP contribution < -0.4 is 15.5 Å². The van der Waals surface area contributed by atoms with Crippen molar-refractivity contribution in [3.8, 4) is 5.75 Å². The van der Waals surface area contributed by atoms with Crippen molar-refractivity contribution in [2.45, 2.75) is 46.5 Å². The summed E-state index contributed by atoms with van der Waals surface area (Å²) in [6.07, 6.45) is 3.64. The Kier molecular flexibility index (Phi) is 6.84. The monoisotopic (exact) mass is 281 g/mol. The first-order valence-electron chi connectivity index (χ1n) is 7.15. The van der Waals surface area contributed by atoms with Gasteiger partial charge in [0.2, 0.25) is 16.9 Å². The number of hydrogen-bond donors (Lipinski definition) is 1. The Morgan fingerprint density at radius 1 is 1.30 bits per heavy atom. The molecule has 0 aliphatic carbocycles. The molecule has 20 heavy (non-hydrogen) atoms. The molecule has 0 unspecified atom stereocenters. The Hall–Kier alpha value is -1.78. The van der Waals surface area contributed by atoms with Gasteiger partial charge in [0.05, 0.1) is 6.61 Å². The van der Waals surface area contributed by atoms with Crippen LogP contribution in [-0.2, 0) is 0 Å². The zero-order valence-corrected chi connectivity index (χ0v) is 12.5. The van der Waals surface area contributed by atoms with Crippen LogP contribution in [0.25, 0.3) is 0 Å². The normalized spacial score (nSPS) is 10.3. The molecule has 112 valence electrons. The third-order valence-corrected chi connectivity index (χ3v) is 2.79. The summed E-state index contributed by atoms with van der Waals surface area (Å²) in [5, 5.41) is 2.73. The third-order valence-electron chi connectivity index (χ3n) is 2.79. The van der Waals surface area contributed by atoms with Gasteiger partial charge in [-0.1, -0.05) is 26.7 Å². The van der Waals surface area contributed by atoms with Crippen LogP contribution in [0.1, 0.15) is 55.8 Å². The standard InChI is InChI=1S/C15H23NO4/c1-4-6-8-16-15(18)14-13(19-9-7-5-2)12(17)10-11(3)20-14/h10H,4-9H2,1-3H3,(H,16,18). The van der Waals surface area contributed by atoms with Crippen molar-refractivity contribution in [2.75, 3.05) is 13.2 Å². The summed E-state index contributed by atoms with van der Waals surface area (Å²) >= 11 is 0. The lowest BCUT2D eigenvalue weighted by Gasteiger charge is -2.10. The molecule has 1 rings (SSSR count). The topological polar surface area (TPSA) is 68.5 Å². The van der Waals surface area contributed by atoms with Crippen molar-refractivity contribution < 1.29 is 13.9 Å². The van der Waals surface area contributed by atoms with E-state index in [1.165, 1.54) is 6.07 Å². The maximum Gasteiger partial charge on any atom is 0.291 e. The Morgan fingerprint density at radius 3 is 2.65 bits per heavy atom. The van der Waals surface area contributed by atoms with Crippen LogP contribution in [0, 0.1) is 6.92 Å². The van der Waals surface area contributed by atoms with E-state index in [1.54, 1.807) is 6.92 Å². The number of hydrogen-bond acceptors (Lipinski definition) is 4. The van der Waals surface area contributed by atoms with E-state index < -0.39 is 5.91 Å². The summed E-state index contributed by atoms with van der Waals surface area (Å²) < 4.78 is 10.8. The van der Waals surface area contributed by atoms with Gasteiger partial charge in [-0.15, -0.1) is 0 Å². The molecule has 0 bridgehead atoms. The van der Waals surface area contributed by atoms with Crippen LogP contribution in [-0.4, -0.2) is 19.1 Å². The summed E-state index contributed by atoms with van der Waals surface area (Å²) in [6.45, 7) is 6.67. The smallest absolute Gasteiger partial charge is 0.291 e. The van der Waals surface area contributed by atoms with Crippen molar-refractivity contribution in [1.29, 1.82) is 0 Å². The quantitative estimate of drug-likeness (QED) is 0.744. The van der Waals surface area contributed by atoms with Crippen LogP contribution in [0.5, 0.6) is 5.75 Å². The number of rotatable bonds is 8. The number of amides is 1. The minimum Gasteiger partial charge on any atom is -0.486 e.